The van der Waals surface area contributed by atoms with Crippen LogP contribution in [0.4, 0.5) is 0 Å². The van der Waals surface area contributed by atoms with Gasteiger partial charge in [-0.2, -0.15) is 0 Å². The molecule has 0 radical (unpaired) electrons. The molecule has 1 fully saturated rings. The van der Waals surface area contributed by atoms with E-state index < -0.39 is 12.0 Å². The van der Waals surface area contributed by atoms with Gasteiger partial charge in [0, 0.05) is 12.1 Å². The first-order valence-corrected chi connectivity index (χ1v) is 8.10. The lowest BCUT2D eigenvalue weighted by Crippen LogP contribution is -2.57. The van der Waals surface area contributed by atoms with Crippen LogP contribution in [0.2, 0.25) is 0 Å². The van der Waals surface area contributed by atoms with Gasteiger partial charge < -0.3 is 10.4 Å². The van der Waals surface area contributed by atoms with E-state index in [1.165, 1.54) is 6.42 Å². The maximum atomic E-state index is 12.5. The Hall–Kier alpha value is -1.10. The third-order valence-electron chi connectivity index (χ3n) is 4.87. The largest absolute Gasteiger partial charge is 0.480 e. The summed E-state index contributed by atoms with van der Waals surface area (Å²) in [6.45, 7) is 9.95. The summed E-state index contributed by atoms with van der Waals surface area (Å²) in [5.74, 6) is -1.21. The molecule has 21 heavy (non-hydrogen) atoms. The predicted molar refractivity (Wildman–Crippen MR) is 83.1 cm³/mol. The Kier molecular flexibility index (Phi) is 6.65. The maximum absolute atomic E-state index is 12.5. The highest BCUT2D eigenvalue weighted by atomic mass is 16.4. The summed E-state index contributed by atoms with van der Waals surface area (Å²) in [6.07, 6.45) is 4.10. The van der Waals surface area contributed by atoms with E-state index in [9.17, 15) is 14.7 Å². The molecule has 0 bridgehead atoms. The maximum Gasteiger partial charge on any atom is 0.326 e. The van der Waals surface area contributed by atoms with Crippen LogP contribution in [0.3, 0.4) is 0 Å². The molecule has 5 unspecified atom stereocenters. The fourth-order valence-electron chi connectivity index (χ4n) is 3.30. The van der Waals surface area contributed by atoms with Crippen LogP contribution in [0.1, 0.15) is 60.3 Å². The standard InChI is InChI=1S/C16H30N2O3/c1-6-10(2)14(16(20)21)17-15(19)13(5)18-11(3)8-7-9-12(18)4/h10-14H,6-9H2,1-5H3,(H,17,19)(H,20,21). The minimum Gasteiger partial charge on any atom is -0.480 e. The first-order chi connectivity index (χ1) is 9.79. The lowest BCUT2D eigenvalue weighted by molar-refractivity contribution is -0.144. The number of amides is 1. The number of hydrogen-bond donors (Lipinski definition) is 2. The van der Waals surface area contributed by atoms with E-state index in [0.717, 1.165) is 19.3 Å². The van der Waals surface area contributed by atoms with Crippen molar-refractivity contribution in [3.63, 3.8) is 0 Å². The van der Waals surface area contributed by atoms with Crippen LogP contribution in [0, 0.1) is 5.92 Å². The zero-order chi connectivity index (χ0) is 16.2. The zero-order valence-electron chi connectivity index (χ0n) is 13.9. The van der Waals surface area contributed by atoms with Crippen LogP contribution in [0.15, 0.2) is 0 Å². The molecule has 1 aliphatic heterocycles. The van der Waals surface area contributed by atoms with Gasteiger partial charge in [0.25, 0.3) is 0 Å². The lowest BCUT2D eigenvalue weighted by Gasteiger charge is -2.42. The Morgan fingerprint density at radius 1 is 1.24 bits per heavy atom. The van der Waals surface area contributed by atoms with E-state index in [2.05, 4.69) is 24.1 Å². The van der Waals surface area contributed by atoms with Gasteiger partial charge in [-0.1, -0.05) is 26.7 Å². The summed E-state index contributed by atoms with van der Waals surface area (Å²) < 4.78 is 0. The van der Waals surface area contributed by atoms with Crippen molar-refractivity contribution in [3.05, 3.63) is 0 Å². The summed E-state index contributed by atoms with van der Waals surface area (Å²) in [5, 5.41) is 12.0. The SMILES string of the molecule is CCC(C)C(NC(=O)C(C)N1C(C)CCCC1C)C(=O)O. The van der Waals surface area contributed by atoms with Crippen molar-refractivity contribution in [2.45, 2.75) is 84.5 Å². The molecule has 5 atom stereocenters. The summed E-state index contributed by atoms with van der Waals surface area (Å²) in [7, 11) is 0. The molecule has 0 aliphatic carbocycles. The first-order valence-electron chi connectivity index (χ1n) is 8.10. The number of carboxylic acids is 1. The normalized spacial score (nSPS) is 27.7. The van der Waals surface area contributed by atoms with Crippen molar-refractivity contribution in [1.82, 2.24) is 10.2 Å². The number of carboxylic acid groups (broad SMARTS) is 1. The average Bonchev–Trinajstić information content (AvgIpc) is 2.42. The number of carbonyl (C=O) groups is 2. The van der Waals surface area contributed by atoms with Crippen LogP contribution >= 0.6 is 0 Å². The summed E-state index contributed by atoms with van der Waals surface area (Å²) in [6, 6.07) is -0.371. The Labute approximate surface area is 128 Å². The molecule has 5 heteroatoms. The fourth-order valence-corrected chi connectivity index (χ4v) is 3.30. The predicted octanol–water partition coefficient (Wildman–Crippen LogP) is 2.25. The molecule has 122 valence electrons. The highest BCUT2D eigenvalue weighted by Crippen LogP contribution is 2.25. The second-order valence-corrected chi connectivity index (χ2v) is 6.46. The molecule has 2 N–H and O–H groups in total. The van der Waals surface area contributed by atoms with E-state index in [1.807, 2.05) is 20.8 Å². The summed E-state index contributed by atoms with van der Waals surface area (Å²) in [4.78, 5) is 26.0. The highest BCUT2D eigenvalue weighted by molar-refractivity contribution is 5.86. The van der Waals surface area contributed by atoms with Crippen molar-refractivity contribution in [2.75, 3.05) is 0 Å². The molecule has 1 heterocycles. The van der Waals surface area contributed by atoms with Gasteiger partial charge >= 0.3 is 5.97 Å². The van der Waals surface area contributed by atoms with Gasteiger partial charge in [0.1, 0.15) is 6.04 Å². The van der Waals surface area contributed by atoms with Gasteiger partial charge in [-0.3, -0.25) is 9.69 Å². The Balaban J connectivity index is 2.74. The van der Waals surface area contributed by atoms with Crippen molar-refractivity contribution >= 4 is 11.9 Å². The molecule has 1 saturated heterocycles. The van der Waals surface area contributed by atoms with E-state index >= 15 is 0 Å². The zero-order valence-corrected chi connectivity index (χ0v) is 13.9. The van der Waals surface area contributed by atoms with Crippen LogP contribution in [0.5, 0.6) is 0 Å². The second kappa shape index (κ2) is 7.78. The Morgan fingerprint density at radius 2 is 1.76 bits per heavy atom. The van der Waals surface area contributed by atoms with Crippen molar-refractivity contribution < 1.29 is 14.7 Å². The number of carbonyl (C=O) groups excluding carboxylic acids is 1. The molecule has 0 aromatic heterocycles. The van der Waals surface area contributed by atoms with E-state index in [1.54, 1.807) is 0 Å². The number of nitrogens with one attached hydrogen (secondary N) is 1. The number of rotatable bonds is 6. The quantitative estimate of drug-likeness (QED) is 0.789. The van der Waals surface area contributed by atoms with Crippen LogP contribution in [0.25, 0.3) is 0 Å². The van der Waals surface area contributed by atoms with Crippen molar-refractivity contribution in [3.8, 4) is 0 Å². The highest BCUT2D eigenvalue weighted by Gasteiger charge is 2.34. The van der Waals surface area contributed by atoms with Gasteiger partial charge in [0.2, 0.25) is 5.91 Å². The molecule has 0 aromatic rings. The van der Waals surface area contributed by atoms with Gasteiger partial charge in [-0.05, 0) is 39.5 Å². The molecule has 1 rings (SSSR count). The molecule has 1 aliphatic rings. The van der Waals surface area contributed by atoms with Crippen LogP contribution < -0.4 is 5.32 Å². The molecule has 0 aromatic carbocycles. The van der Waals surface area contributed by atoms with Crippen LogP contribution in [-0.4, -0.2) is 46.1 Å². The molecular formula is C16H30N2O3. The number of nitrogens with zero attached hydrogens (tertiary/aromatic N) is 1. The number of hydrogen-bond acceptors (Lipinski definition) is 3. The van der Waals surface area contributed by atoms with Crippen molar-refractivity contribution in [1.29, 1.82) is 0 Å². The van der Waals surface area contributed by atoms with Gasteiger partial charge in [0.15, 0.2) is 0 Å². The molecule has 1 amide bonds. The van der Waals surface area contributed by atoms with E-state index in [4.69, 9.17) is 0 Å². The smallest absolute Gasteiger partial charge is 0.326 e. The summed E-state index contributed by atoms with van der Waals surface area (Å²) >= 11 is 0. The number of aliphatic carboxylic acids is 1. The lowest BCUT2D eigenvalue weighted by atomic mass is 9.94. The minimum atomic E-state index is -0.954. The minimum absolute atomic E-state index is 0.0742. The second-order valence-electron chi connectivity index (χ2n) is 6.46. The number of piperidine rings is 1. The Morgan fingerprint density at radius 3 is 2.19 bits per heavy atom. The van der Waals surface area contributed by atoms with Crippen LogP contribution in [-0.2, 0) is 9.59 Å². The topological polar surface area (TPSA) is 69.6 Å². The Bertz CT molecular complexity index is 363. The molecule has 0 saturated carbocycles. The van der Waals surface area contributed by atoms with Crippen molar-refractivity contribution in [2.24, 2.45) is 5.92 Å². The molecule has 5 nitrogen and oxygen atoms in total. The van der Waals surface area contributed by atoms with Gasteiger partial charge in [0.05, 0.1) is 6.04 Å². The third-order valence-corrected chi connectivity index (χ3v) is 4.87. The van der Waals surface area contributed by atoms with Gasteiger partial charge in [-0.15, -0.1) is 0 Å². The average molecular weight is 298 g/mol. The first kappa shape index (κ1) is 18.0. The van der Waals surface area contributed by atoms with E-state index in [-0.39, 0.29) is 17.9 Å². The van der Waals surface area contributed by atoms with E-state index in [0.29, 0.717) is 12.1 Å². The molecular weight excluding hydrogens is 268 g/mol. The van der Waals surface area contributed by atoms with Gasteiger partial charge in [-0.25, -0.2) is 4.79 Å². The summed E-state index contributed by atoms with van der Waals surface area (Å²) in [5.41, 5.74) is 0. The fraction of sp³-hybridized carbons (Fsp3) is 0.875. The number of likely N-dealkylation sites (tertiary alicyclic amines) is 1. The monoisotopic (exact) mass is 298 g/mol. The third kappa shape index (κ3) is 4.43. The molecule has 0 spiro atoms.